The molecular weight excluding hydrogens is 282 g/mol. The monoisotopic (exact) mass is 297 g/mol. The fourth-order valence-corrected chi connectivity index (χ4v) is 2.11. The van der Waals surface area contributed by atoms with Crippen LogP contribution in [0.3, 0.4) is 0 Å². The standard InChI is InChI=1S/C17H15NO4/c1-2-20-16-9-12(10-19)7-8-15(16)21-11-17-18-13-5-3-4-6-14(13)22-17/h3-10H,2,11H2,1H3. The van der Waals surface area contributed by atoms with Crippen molar-refractivity contribution in [2.24, 2.45) is 0 Å². The summed E-state index contributed by atoms with van der Waals surface area (Å²) in [6.45, 7) is 2.55. The zero-order valence-corrected chi connectivity index (χ0v) is 12.1. The summed E-state index contributed by atoms with van der Waals surface area (Å²) >= 11 is 0. The zero-order chi connectivity index (χ0) is 15.4. The maximum atomic E-state index is 10.8. The normalized spacial score (nSPS) is 10.6. The fourth-order valence-electron chi connectivity index (χ4n) is 2.11. The van der Waals surface area contributed by atoms with Crippen LogP contribution in [-0.2, 0) is 6.61 Å². The first-order valence-corrected chi connectivity index (χ1v) is 6.99. The van der Waals surface area contributed by atoms with Crippen LogP contribution in [-0.4, -0.2) is 17.9 Å². The van der Waals surface area contributed by atoms with Crippen molar-refractivity contribution < 1.29 is 18.7 Å². The summed E-state index contributed by atoms with van der Waals surface area (Å²) in [5.74, 6) is 1.57. The van der Waals surface area contributed by atoms with Crippen molar-refractivity contribution in [3.63, 3.8) is 0 Å². The van der Waals surface area contributed by atoms with Crippen molar-refractivity contribution in [1.29, 1.82) is 0 Å². The molecule has 5 heteroatoms. The first-order chi connectivity index (χ1) is 10.8. The van der Waals surface area contributed by atoms with E-state index in [9.17, 15) is 4.79 Å². The van der Waals surface area contributed by atoms with Gasteiger partial charge in [-0.25, -0.2) is 4.98 Å². The van der Waals surface area contributed by atoms with Crippen LogP contribution in [0.4, 0.5) is 0 Å². The Hall–Kier alpha value is -2.82. The van der Waals surface area contributed by atoms with Crippen LogP contribution in [0.1, 0.15) is 23.2 Å². The Morgan fingerprint density at radius 1 is 1.14 bits per heavy atom. The number of hydrogen-bond acceptors (Lipinski definition) is 5. The summed E-state index contributed by atoms with van der Waals surface area (Å²) in [5, 5.41) is 0. The summed E-state index contributed by atoms with van der Waals surface area (Å²) in [5.41, 5.74) is 2.06. The lowest BCUT2D eigenvalue weighted by molar-refractivity contribution is 0.112. The van der Waals surface area contributed by atoms with Gasteiger partial charge in [-0.15, -0.1) is 0 Å². The molecule has 5 nitrogen and oxygen atoms in total. The molecule has 2 aromatic carbocycles. The topological polar surface area (TPSA) is 61.6 Å². The molecule has 3 aromatic rings. The number of carbonyl (C=O) groups excluding carboxylic acids is 1. The van der Waals surface area contributed by atoms with Crippen LogP contribution in [0.5, 0.6) is 11.5 Å². The number of rotatable bonds is 6. The number of hydrogen-bond donors (Lipinski definition) is 0. The van der Waals surface area contributed by atoms with E-state index < -0.39 is 0 Å². The maximum Gasteiger partial charge on any atom is 0.233 e. The van der Waals surface area contributed by atoms with Gasteiger partial charge in [0.1, 0.15) is 11.8 Å². The van der Waals surface area contributed by atoms with E-state index in [0.717, 1.165) is 17.4 Å². The van der Waals surface area contributed by atoms with Gasteiger partial charge in [-0.3, -0.25) is 4.79 Å². The van der Waals surface area contributed by atoms with Gasteiger partial charge in [-0.05, 0) is 37.3 Å². The molecule has 0 bridgehead atoms. The molecule has 0 saturated carbocycles. The third kappa shape index (κ3) is 2.93. The van der Waals surface area contributed by atoms with Crippen LogP contribution in [0.2, 0.25) is 0 Å². The first-order valence-electron chi connectivity index (χ1n) is 6.99. The van der Waals surface area contributed by atoms with Crippen molar-refractivity contribution in [2.45, 2.75) is 13.5 Å². The molecule has 0 atom stereocenters. The Morgan fingerprint density at radius 3 is 2.77 bits per heavy atom. The summed E-state index contributed by atoms with van der Waals surface area (Å²) in [6, 6.07) is 12.6. The number of nitrogens with zero attached hydrogens (tertiary/aromatic N) is 1. The molecule has 1 aromatic heterocycles. The highest BCUT2D eigenvalue weighted by Gasteiger charge is 2.10. The molecule has 0 amide bonds. The second kappa shape index (κ2) is 6.30. The lowest BCUT2D eigenvalue weighted by atomic mass is 10.2. The summed E-state index contributed by atoms with van der Waals surface area (Å²) < 4.78 is 16.8. The predicted molar refractivity (Wildman–Crippen MR) is 81.3 cm³/mol. The highest BCUT2D eigenvalue weighted by Crippen LogP contribution is 2.29. The second-order valence-corrected chi connectivity index (χ2v) is 4.62. The number of fused-ring (bicyclic) bond motifs is 1. The average Bonchev–Trinajstić information content (AvgIpc) is 2.96. The van der Waals surface area contributed by atoms with Gasteiger partial charge in [0.2, 0.25) is 5.89 Å². The molecule has 3 rings (SSSR count). The first kappa shape index (κ1) is 14.1. The van der Waals surface area contributed by atoms with Gasteiger partial charge in [-0.2, -0.15) is 0 Å². The lowest BCUT2D eigenvalue weighted by Gasteiger charge is -2.11. The van der Waals surface area contributed by atoms with E-state index in [1.807, 2.05) is 31.2 Å². The van der Waals surface area contributed by atoms with Crippen LogP contribution >= 0.6 is 0 Å². The quantitative estimate of drug-likeness (QED) is 0.650. The SMILES string of the molecule is CCOc1cc(C=O)ccc1OCc1nc2ccccc2o1. The molecular formula is C17H15NO4. The van der Waals surface area contributed by atoms with Crippen molar-refractivity contribution in [3.8, 4) is 11.5 Å². The Labute approximate surface area is 127 Å². The van der Waals surface area contributed by atoms with E-state index >= 15 is 0 Å². The molecule has 0 saturated heterocycles. The number of carbonyl (C=O) groups is 1. The van der Waals surface area contributed by atoms with Crippen LogP contribution < -0.4 is 9.47 Å². The minimum absolute atomic E-state index is 0.190. The second-order valence-electron chi connectivity index (χ2n) is 4.62. The molecule has 0 fully saturated rings. The molecule has 22 heavy (non-hydrogen) atoms. The van der Waals surface area contributed by atoms with E-state index in [1.165, 1.54) is 0 Å². The number of oxazole rings is 1. The van der Waals surface area contributed by atoms with Gasteiger partial charge in [-0.1, -0.05) is 12.1 Å². The van der Waals surface area contributed by atoms with Gasteiger partial charge in [0.05, 0.1) is 6.61 Å². The number of para-hydroxylation sites is 2. The van der Waals surface area contributed by atoms with Crippen molar-refractivity contribution in [2.75, 3.05) is 6.61 Å². The average molecular weight is 297 g/mol. The molecule has 112 valence electrons. The van der Waals surface area contributed by atoms with Gasteiger partial charge in [0.15, 0.2) is 23.7 Å². The Kier molecular flexibility index (Phi) is 4.05. The van der Waals surface area contributed by atoms with E-state index in [-0.39, 0.29) is 6.61 Å². The predicted octanol–water partition coefficient (Wildman–Crippen LogP) is 3.62. The van der Waals surface area contributed by atoms with Crippen LogP contribution in [0.25, 0.3) is 11.1 Å². The van der Waals surface area contributed by atoms with E-state index in [1.54, 1.807) is 18.2 Å². The minimum Gasteiger partial charge on any atom is -0.490 e. The molecule has 0 aliphatic heterocycles. The van der Waals surface area contributed by atoms with E-state index in [4.69, 9.17) is 13.9 Å². The Morgan fingerprint density at radius 2 is 2.00 bits per heavy atom. The Balaban J connectivity index is 1.79. The third-order valence-corrected chi connectivity index (χ3v) is 3.09. The number of benzene rings is 2. The van der Waals surface area contributed by atoms with E-state index in [2.05, 4.69) is 4.98 Å². The molecule has 0 radical (unpaired) electrons. The highest BCUT2D eigenvalue weighted by molar-refractivity contribution is 5.76. The van der Waals surface area contributed by atoms with Crippen molar-refractivity contribution in [3.05, 3.63) is 53.9 Å². The summed E-state index contributed by atoms with van der Waals surface area (Å²) in [4.78, 5) is 15.2. The van der Waals surface area contributed by atoms with Crippen LogP contribution in [0.15, 0.2) is 46.9 Å². The number of ether oxygens (including phenoxy) is 2. The van der Waals surface area contributed by atoms with Crippen molar-refractivity contribution >= 4 is 17.4 Å². The molecule has 1 heterocycles. The number of aromatic nitrogens is 1. The highest BCUT2D eigenvalue weighted by atomic mass is 16.5. The van der Waals surface area contributed by atoms with Crippen molar-refractivity contribution in [1.82, 2.24) is 4.98 Å². The van der Waals surface area contributed by atoms with Crippen LogP contribution in [0, 0.1) is 0 Å². The minimum atomic E-state index is 0.190. The molecule has 0 aliphatic carbocycles. The van der Waals surface area contributed by atoms with Gasteiger partial charge in [0.25, 0.3) is 0 Å². The van der Waals surface area contributed by atoms with Gasteiger partial charge < -0.3 is 13.9 Å². The number of aldehydes is 1. The van der Waals surface area contributed by atoms with Gasteiger partial charge in [0, 0.05) is 5.56 Å². The Bertz CT molecular complexity index is 761. The molecule has 0 spiro atoms. The summed E-state index contributed by atoms with van der Waals surface area (Å²) in [7, 11) is 0. The summed E-state index contributed by atoms with van der Waals surface area (Å²) in [6.07, 6.45) is 0.771. The molecule has 0 aliphatic rings. The maximum absolute atomic E-state index is 10.8. The van der Waals surface area contributed by atoms with E-state index in [0.29, 0.717) is 29.6 Å². The van der Waals surface area contributed by atoms with Gasteiger partial charge >= 0.3 is 0 Å². The smallest absolute Gasteiger partial charge is 0.233 e. The fraction of sp³-hybridized carbons (Fsp3) is 0.176. The zero-order valence-electron chi connectivity index (χ0n) is 12.1. The third-order valence-electron chi connectivity index (χ3n) is 3.09. The molecule has 0 unspecified atom stereocenters. The lowest BCUT2D eigenvalue weighted by Crippen LogP contribution is -2.00. The largest absolute Gasteiger partial charge is 0.490 e. The molecule has 0 N–H and O–H groups in total.